The second-order valence-electron chi connectivity index (χ2n) is 4.31. The Morgan fingerprint density at radius 2 is 2.00 bits per heavy atom. The van der Waals surface area contributed by atoms with Gasteiger partial charge in [0.15, 0.2) is 10.4 Å². The van der Waals surface area contributed by atoms with Gasteiger partial charge in [0, 0.05) is 12.1 Å². The number of fused-ring (bicyclic) bond motifs is 1. The number of methoxy groups -OCH3 is 2. The average Bonchev–Trinajstić information content (AvgIpc) is 2.82. The van der Waals surface area contributed by atoms with Crippen molar-refractivity contribution in [2.45, 2.75) is 0 Å². The van der Waals surface area contributed by atoms with E-state index in [0.717, 1.165) is 0 Å². The molecule has 0 aliphatic heterocycles. The van der Waals surface area contributed by atoms with Crippen LogP contribution in [0.5, 0.6) is 11.6 Å². The first-order valence-corrected chi connectivity index (χ1v) is 6.54. The maximum atomic E-state index is 14.2. The molecule has 0 radical (unpaired) electrons. The van der Waals surface area contributed by atoms with Gasteiger partial charge in [-0.1, -0.05) is 0 Å². The van der Waals surface area contributed by atoms with Crippen molar-refractivity contribution < 1.29 is 13.9 Å². The molecule has 0 amide bonds. The molecule has 5 nitrogen and oxygen atoms in total. The lowest BCUT2D eigenvalue weighted by atomic mass is 10.3. The van der Waals surface area contributed by atoms with Gasteiger partial charge in [-0.2, -0.15) is 4.98 Å². The standard InChI is InChI=1S/C14H12FN3O2S/c1-19-8-3-4-9(15)11(7-8)18-13-10(16-14(18)21)5-6-12(17-13)20-2/h3-7H,1-2H3,(H,16,21). The minimum Gasteiger partial charge on any atom is -0.497 e. The Morgan fingerprint density at radius 3 is 2.71 bits per heavy atom. The molecule has 3 aromatic rings. The molecule has 0 bridgehead atoms. The molecule has 0 aliphatic rings. The van der Waals surface area contributed by atoms with Crippen LogP contribution in [0, 0.1) is 10.6 Å². The van der Waals surface area contributed by atoms with Crippen molar-refractivity contribution in [2.75, 3.05) is 14.2 Å². The Bertz CT molecular complexity index is 872. The maximum Gasteiger partial charge on any atom is 0.215 e. The van der Waals surface area contributed by atoms with E-state index < -0.39 is 5.82 Å². The van der Waals surface area contributed by atoms with Crippen molar-refractivity contribution >= 4 is 23.4 Å². The summed E-state index contributed by atoms with van der Waals surface area (Å²) in [5.74, 6) is 0.538. The van der Waals surface area contributed by atoms with Crippen LogP contribution in [0.4, 0.5) is 4.39 Å². The van der Waals surface area contributed by atoms with Gasteiger partial charge in [-0.15, -0.1) is 0 Å². The topological polar surface area (TPSA) is 52.1 Å². The number of rotatable bonds is 3. The van der Waals surface area contributed by atoms with E-state index in [0.29, 0.717) is 27.6 Å². The minimum absolute atomic E-state index is 0.270. The van der Waals surface area contributed by atoms with Crippen molar-refractivity contribution in [1.82, 2.24) is 14.5 Å². The monoisotopic (exact) mass is 305 g/mol. The second kappa shape index (κ2) is 5.17. The van der Waals surface area contributed by atoms with E-state index in [4.69, 9.17) is 21.7 Å². The molecule has 3 rings (SSSR count). The Hall–Kier alpha value is -2.41. The molecule has 0 aliphatic carbocycles. The third-order valence-corrected chi connectivity index (χ3v) is 3.39. The fraction of sp³-hybridized carbons (Fsp3) is 0.143. The van der Waals surface area contributed by atoms with Crippen LogP contribution >= 0.6 is 12.2 Å². The van der Waals surface area contributed by atoms with Crippen LogP contribution in [0.2, 0.25) is 0 Å². The molecule has 0 saturated heterocycles. The summed E-state index contributed by atoms with van der Waals surface area (Å²) in [6, 6.07) is 7.94. The van der Waals surface area contributed by atoms with E-state index in [-0.39, 0.29) is 5.69 Å². The fourth-order valence-corrected chi connectivity index (χ4v) is 2.39. The van der Waals surface area contributed by atoms with E-state index in [2.05, 4.69) is 9.97 Å². The summed E-state index contributed by atoms with van der Waals surface area (Å²) < 4.78 is 26.3. The van der Waals surface area contributed by atoms with Crippen molar-refractivity contribution in [3.05, 3.63) is 40.9 Å². The first kappa shape index (κ1) is 13.6. The van der Waals surface area contributed by atoms with Crippen LogP contribution in [0.1, 0.15) is 0 Å². The summed E-state index contributed by atoms with van der Waals surface area (Å²) in [4.78, 5) is 7.32. The van der Waals surface area contributed by atoms with Crippen LogP contribution in [0.25, 0.3) is 16.9 Å². The number of aromatic amines is 1. The molecular formula is C14H12FN3O2S. The third-order valence-electron chi connectivity index (χ3n) is 3.11. The largest absolute Gasteiger partial charge is 0.497 e. The first-order chi connectivity index (χ1) is 10.1. The predicted molar refractivity (Wildman–Crippen MR) is 79.3 cm³/mol. The van der Waals surface area contributed by atoms with Crippen LogP contribution in [-0.4, -0.2) is 28.8 Å². The van der Waals surface area contributed by atoms with E-state index in [1.165, 1.54) is 24.9 Å². The minimum atomic E-state index is -0.419. The van der Waals surface area contributed by atoms with Crippen LogP contribution in [-0.2, 0) is 0 Å². The van der Waals surface area contributed by atoms with E-state index in [1.54, 1.807) is 24.3 Å². The molecule has 21 heavy (non-hydrogen) atoms. The summed E-state index contributed by atoms with van der Waals surface area (Å²) in [7, 11) is 3.04. The Labute approximate surface area is 125 Å². The number of hydrogen-bond acceptors (Lipinski definition) is 4. The number of imidazole rings is 1. The van der Waals surface area contributed by atoms with Crippen molar-refractivity contribution in [3.63, 3.8) is 0 Å². The maximum absolute atomic E-state index is 14.2. The average molecular weight is 305 g/mol. The molecule has 1 N–H and O–H groups in total. The Balaban J connectivity index is 2.33. The van der Waals surface area contributed by atoms with Gasteiger partial charge in [0.2, 0.25) is 5.88 Å². The molecule has 0 saturated carbocycles. The number of hydrogen-bond donors (Lipinski definition) is 1. The molecule has 7 heteroatoms. The van der Waals surface area contributed by atoms with Crippen molar-refractivity contribution in [3.8, 4) is 17.3 Å². The SMILES string of the molecule is COc1ccc(F)c(-n2c(=S)[nH]c3ccc(OC)nc32)c1. The number of aromatic nitrogens is 3. The zero-order valence-electron chi connectivity index (χ0n) is 11.4. The smallest absolute Gasteiger partial charge is 0.215 e. The molecule has 0 atom stereocenters. The van der Waals surface area contributed by atoms with E-state index in [9.17, 15) is 4.39 Å². The van der Waals surface area contributed by atoms with Crippen molar-refractivity contribution in [1.29, 1.82) is 0 Å². The van der Waals surface area contributed by atoms with E-state index >= 15 is 0 Å². The van der Waals surface area contributed by atoms with Crippen LogP contribution in [0.15, 0.2) is 30.3 Å². The summed E-state index contributed by atoms with van der Waals surface area (Å²) in [6.07, 6.45) is 0. The Kier molecular flexibility index (Phi) is 3.34. The first-order valence-electron chi connectivity index (χ1n) is 6.13. The number of pyridine rings is 1. The van der Waals surface area contributed by atoms with Crippen LogP contribution < -0.4 is 9.47 Å². The van der Waals surface area contributed by atoms with Gasteiger partial charge in [0.25, 0.3) is 0 Å². The molecule has 2 heterocycles. The number of halogens is 1. The van der Waals surface area contributed by atoms with Gasteiger partial charge < -0.3 is 14.5 Å². The number of benzene rings is 1. The van der Waals surface area contributed by atoms with Gasteiger partial charge in [-0.25, -0.2) is 4.39 Å². The Morgan fingerprint density at radius 1 is 1.19 bits per heavy atom. The van der Waals surface area contributed by atoms with Gasteiger partial charge in [-0.05, 0) is 30.4 Å². The third kappa shape index (κ3) is 2.25. The van der Waals surface area contributed by atoms with Gasteiger partial charge in [0.1, 0.15) is 11.6 Å². The van der Waals surface area contributed by atoms with Gasteiger partial charge >= 0.3 is 0 Å². The molecule has 2 aromatic heterocycles. The normalized spacial score (nSPS) is 10.8. The molecule has 108 valence electrons. The van der Waals surface area contributed by atoms with E-state index in [1.807, 2.05) is 0 Å². The zero-order valence-corrected chi connectivity index (χ0v) is 12.2. The lowest BCUT2D eigenvalue weighted by Gasteiger charge is -2.08. The van der Waals surface area contributed by atoms with Gasteiger partial charge in [0.05, 0.1) is 25.4 Å². The molecular weight excluding hydrogens is 293 g/mol. The van der Waals surface area contributed by atoms with Gasteiger partial charge in [-0.3, -0.25) is 4.57 Å². The second-order valence-corrected chi connectivity index (χ2v) is 4.69. The highest BCUT2D eigenvalue weighted by atomic mass is 32.1. The molecule has 0 unspecified atom stereocenters. The molecule has 1 aromatic carbocycles. The lowest BCUT2D eigenvalue weighted by Crippen LogP contribution is -2.00. The van der Waals surface area contributed by atoms with Crippen LogP contribution in [0.3, 0.4) is 0 Å². The summed E-state index contributed by atoms with van der Waals surface area (Å²) in [6.45, 7) is 0. The predicted octanol–water partition coefficient (Wildman–Crippen LogP) is 3.24. The van der Waals surface area contributed by atoms with Crippen molar-refractivity contribution in [2.24, 2.45) is 0 Å². The quantitative estimate of drug-likeness (QED) is 0.755. The highest BCUT2D eigenvalue weighted by molar-refractivity contribution is 7.71. The highest BCUT2D eigenvalue weighted by Crippen LogP contribution is 2.25. The number of H-pyrrole nitrogens is 1. The molecule has 0 fully saturated rings. The lowest BCUT2D eigenvalue weighted by molar-refractivity contribution is 0.399. The summed E-state index contributed by atoms with van der Waals surface area (Å²) in [5.41, 5.74) is 1.46. The summed E-state index contributed by atoms with van der Waals surface area (Å²) >= 11 is 5.27. The fourth-order valence-electron chi connectivity index (χ4n) is 2.09. The number of ether oxygens (including phenoxy) is 2. The zero-order chi connectivity index (χ0) is 15.0. The number of nitrogens with one attached hydrogen (secondary N) is 1. The summed E-state index contributed by atoms with van der Waals surface area (Å²) in [5, 5.41) is 0. The number of nitrogens with zero attached hydrogens (tertiary/aromatic N) is 2. The highest BCUT2D eigenvalue weighted by Gasteiger charge is 2.13. The molecule has 0 spiro atoms.